The molecule has 1 aromatic rings. The highest BCUT2D eigenvalue weighted by atomic mass is 79.9. The van der Waals surface area contributed by atoms with Crippen LogP contribution in [-0.4, -0.2) is 16.3 Å². The van der Waals surface area contributed by atoms with Crippen LogP contribution in [0.25, 0.3) is 0 Å². The highest BCUT2D eigenvalue weighted by molar-refractivity contribution is 9.10. The largest absolute Gasteiger partial charge is 0.306 e. The Morgan fingerprint density at radius 1 is 1.71 bits per heavy atom. The Morgan fingerprint density at radius 3 is 2.93 bits per heavy atom. The van der Waals surface area contributed by atoms with E-state index in [0.717, 1.165) is 17.4 Å². The molecule has 0 aromatic carbocycles. The molecule has 1 fully saturated rings. The maximum atomic E-state index is 4.28. The Labute approximate surface area is 93.0 Å². The van der Waals surface area contributed by atoms with Crippen molar-refractivity contribution in [2.24, 2.45) is 7.05 Å². The molecular formula is C10H16BrN3. The van der Waals surface area contributed by atoms with Crippen LogP contribution in [0.3, 0.4) is 0 Å². The smallest absolute Gasteiger partial charge is 0.0723 e. The van der Waals surface area contributed by atoms with E-state index in [9.17, 15) is 0 Å². The zero-order valence-electron chi connectivity index (χ0n) is 8.68. The third-order valence-corrected chi connectivity index (χ3v) is 3.77. The molecular weight excluding hydrogens is 242 g/mol. The second kappa shape index (κ2) is 3.66. The van der Waals surface area contributed by atoms with Crippen LogP contribution in [0, 0.1) is 0 Å². The number of aryl methyl sites for hydroxylation is 1. The van der Waals surface area contributed by atoms with E-state index in [2.05, 4.69) is 33.3 Å². The lowest BCUT2D eigenvalue weighted by Gasteiger charge is -2.28. The topological polar surface area (TPSA) is 29.9 Å². The van der Waals surface area contributed by atoms with Crippen molar-refractivity contribution in [3.05, 3.63) is 16.4 Å². The minimum absolute atomic E-state index is 0.143. The van der Waals surface area contributed by atoms with E-state index in [4.69, 9.17) is 0 Å². The van der Waals surface area contributed by atoms with Crippen LogP contribution >= 0.6 is 15.9 Å². The first-order chi connectivity index (χ1) is 6.69. The fourth-order valence-corrected chi connectivity index (χ4v) is 3.15. The van der Waals surface area contributed by atoms with Gasteiger partial charge in [0.05, 0.1) is 21.9 Å². The van der Waals surface area contributed by atoms with Gasteiger partial charge in [-0.1, -0.05) is 6.92 Å². The molecule has 3 nitrogen and oxygen atoms in total. The van der Waals surface area contributed by atoms with Gasteiger partial charge in [-0.3, -0.25) is 4.68 Å². The Kier molecular flexibility index (Phi) is 2.66. The van der Waals surface area contributed by atoms with E-state index in [1.807, 2.05) is 17.9 Å². The molecule has 14 heavy (non-hydrogen) atoms. The molecule has 1 aromatic heterocycles. The van der Waals surface area contributed by atoms with Crippen molar-refractivity contribution in [2.45, 2.75) is 31.7 Å². The first-order valence-corrected chi connectivity index (χ1v) is 5.92. The highest BCUT2D eigenvalue weighted by Gasteiger charge is 2.37. The van der Waals surface area contributed by atoms with Crippen molar-refractivity contribution >= 4 is 15.9 Å². The van der Waals surface area contributed by atoms with E-state index < -0.39 is 0 Å². The van der Waals surface area contributed by atoms with Crippen LogP contribution in [0.4, 0.5) is 0 Å². The predicted octanol–water partition coefficient (Wildman–Crippen LogP) is 2.17. The third-order valence-electron chi connectivity index (χ3n) is 3.19. The van der Waals surface area contributed by atoms with Gasteiger partial charge >= 0.3 is 0 Å². The van der Waals surface area contributed by atoms with Crippen molar-refractivity contribution in [3.8, 4) is 0 Å². The number of rotatable bonds is 2. The predicted molar refractivity (Wildman–Crippen MR) is 60.1 cm³/mol. The summed E-state index contributed by atoms with van der Waals surface area (Å²) in [4.78, 5) is 0. The lowest BCUT2D eigenvalue weighted by molar-refractivity contribution is 0.347. The summed E-state index contributed by atoms with van der Waals surface area (Å²) in [6.45, 7) is 3.35. The van der Waals surface area contributed by atoms with Crippen LogP contribution in [0.15, 0.2) is 10.7 Å². The third kappa shape index (κ3) is 1.41. The number of nitrogens with zero attached hydrogens (tertiary/aromatic N) is 2. The molecule has 0 radical (unpaired) electrons. The first kappa shape index (κ1) is 10.2. The molecule has 0 saturated carbocycles. The number of halogens is 1. The van der Waals surface area contributed by atoms with Gasteiger partial charge in [0.1, 0.15) is 0 Å². The molecule has 0 aliphatic carbocycles. The number of aromatic nitrogens is 2. The van der Waals surface area contributed by atoms with Gasteiger partial charge in [0.15, 0.2) is 0 Å². The van der Waals surface area contributed by atoms with E-state index >= 15 is 0 Å². The van der Waals surface area contributed by atoms with E-state index in [-0.39, 0.29) is 5.54 Å². The van der Waals surface area contributed by atoms with Crippen molar-refractivity contribution in [1.82, 2.24) is 15.1 Å². The first-order valence-electron chi connectivity index (χ1n) is 5.12. The molecule has 0 spiro atoms. The molecule has 0 bridgehead atoms. The molecule has 2 rings (SSSR count). The monoisotopic (exact) mass is 257 g/mol. The van der Waals surface area contributed by atoms with Crippen LogP contribution in [0.1, 0.15) is 31.9 Å². The Bertz CT molecular complexity index is 307. The molecule has 1 aliphatic heterocycles. The van der Waals surface area contributed by atoms with Gasteiger partial charge in [-0.05, 0) is 41.7 Å². The van der Waals surface area contributed by atoms with Gasteiger partial charge in [0.2, 0.25) is 0 Å². The summed E-state index contributed by atoms with van der Waals surface area (Å²) in [5, 5.41) is 7.90. The lowest BCUT2D eigenvalue weighted by atomic mass is 9.90. The van der Waals surface area contributed by atoms with E-state index in [1.54, 1.807) is 0 Å². The van der Waals surface area contributed by atoms with Gasteiger partial charge < -0.3 is 5.32 Å². The average Bonchev–Trinajstić information content (AvgIpc) is 2.75. The molecule has 1 N–H and O–H groups in total. The summed E-state index contributed by atoms with van der Waals surface area (Å²) in [6.07, 6.45) is 5.46. The fourth-order valence-electron chi connectivity index (χ4n) is 2.43. The second-order valence-corrected chi connectivity index (χ2v) is 4.79. The second-order valence-electron chi connectivity index (χ2n) is 3.93. The summed E-state index contributed by atoms with van der Waals surface area (Å²) in [6, 6.07) is 0. The standard InChI is InChI=1S/C10H16BrN3/c1-3-10(5-4-6-12-10)9-8(11)7-13-14(9)2/h7,12H,3-6H2,1-2H3. The number of hydrogen-bond donors (Lipinski definition) is 1. The van der Waals surface area contributed by atoms with Crippen molar-refractivity contribution in [1.29, 1.82) is 0 Å². The molecule has 2 heterocycles. The van der Waals surface area contributed by atoms with Crippen molar-refractivity contribution < 1.29 is 0 Å². The maximum absolute atomic E-state index is 4.28. The summed E-state index contributed by atoms with van der Waals surface area (Å²) < 4.78 is 3.10. The molecule has 1 atom stereocenters. The summed E-state index contributed by atoms with van der Waals surface area (Å²) in [5.41, 5.74) is 1.43. The van der Waals surface area contributed by atoms with Crippen LogP contribution in [-0.2, 0) is 12.6 Å². The fraction of sp³-hybridized carbons (Fsp3) is 0.700. The van der Waals surface area contributed by atoms with Crippen LogP contribution < -0.4 is 5.32 Å². The van der Waals surface area contributed by atoms with Gasteiger partial charge in [0, 0.05) is 7.05 Å². The van der Waals surface area contributed by atoms with Crippen molar-refractivity contribution in [3.63, 3.8) is 0 Å². The van der Waals surface area contributed by atoms with Gasteiger partial charge in [-0.25, -0.2) is 0 Å². The van der Waals surface area contributed by atoms with Gasteiger partial charge in [0.25, 0.3) is 0 Å². The molecule has 1 aliphatic rings. The van der Waals surface area contributed by atoms with Gasteiger partial charge in [-0.2, -0.15) is 5.10 Å². The quantitative estimate of drug-likeness (QED) is 0.881. The maximum Gasteiger partial charge on any atom is 0.0723 e. The lowest BCUT2D eigenvalue weighted by Crippen LogP contribution is -2.38. The molecule has 1 unspecified atom stereocenters. The van der Waals surface area contributed by atoms with Crippen LogP contribution in [0.5, 0.6) is 0 Å². The summed E-state index contributed by atoms with van der Waals surface area (Å²) in [5.74, 6) is 0. The van der Waals surface area contributed by atoms with Crippen molar-refractivity contribution in [2.75, 3.05) is 6.54 Å². The molecule has 1 saturated heterocycles. The highest BCUT2D eigenvalue weighted by Crippen LogP contribution is 2.37. The number of hydrogen-bond acceptors (Lipinski definition) is 2. The Morgan fingerprint density at radius 2 is 2.50 bits per heavy atom. The summed E-state index contributed by atoms with van der Waals surface area (Å²) >= 11 is 3.58. The normalized spacial score (nSPS) is 27.1. The minimum Gasteiger partial charge on any atom is -0.306 e. The number of nitrogens with one attached hydrogen (secondary N) is 1. The average molecular weight is 258 g/mol. The van der Waals surface area contributed by atoms with Crippen LogP contribution in [0.2, 0.25) is 0 Å². The molecule has 4 heteroatoms. The Hall–Kier alpha value is -0.350. The van der Waals surface area contributed by atoms with E-state index in [0.29, 0.717) is 0 Å². The SMILES string of the molecule is CCC1(c2c(Br)cnn2C)CCCN1. The minimum atomic E-state index is 0.143. The summed E-state index contributed by atoms with van der Waals surface area (Å²) in [7, 11) is 2.01. The van der Waals surface area contributed by atoms with Gasteiger partial charge in [-0.15, -0.1) is 0 Å². The zero-order valence-corrected chi connectivity index (χ0v) is 10.3. The molecule has 0 amide bonds. The zero-order chi connectivity index (χ0) is 10.2. The molecule has 78 valence electrons. The Balaban J connectivity index is 2.45. The van der Waals surface area contributed by atoms with E-state index in [1.165, 1.54) is 18.5 Å².